The first-order chi connectivity index (χ1) is 14.5. The fraction of sp³-hybridized carbons (Fsp3) is 0.409. The van der Waals surface area contributed by atoms with Gasteiger partial charge in [0, 0.05) is 11.6 Å². The number of benzene rings is 1. The lowest BCUT2D eigenvalue weighted by Gasteiger charge is -2.16. The summed E-state index contributed by atoms with van der Waals surface area (Å²) in [5.74, 6) is -1.36. The van der Waals surface area contributed by atoms with Crippen molar-refractivity contribution in [1.82, 2.24) is 10.0 Å². The van der Waals surface area contributed by atoms with Crippen LogP contribution in [0.1, 0.15) is 65.9 Å². The molecule has 30 heavy (non-hydrogen) atoms. The highest BCUT2D eigenvalue weighted by Crippen LogP contribution is 2.09. The van der Waals surface area contributed by atoms with Crippen molar-refractivity contribution in [1.29, 1.82) is 0 Å². The molecule has 0 aliphatic carbocycles. The van der Waals surface area contributed by atoms with Crippen molar-refractivity contribution in [3.63, 3.8) is 0 Å². The second-order valence-electron chi connectivity index (χ2n) is 6.78. The lowest BCUT2D eigenvalue weighted by molar-refractivity contribution is 0.0697. The Hall–Kier alpha value is -3.29. The summed E-state index contributed by atoms with van der Waals surface area (Å²) in [4.78, 5) is 41.6. The number of aromatic nitrogens is 1. The second-order valence-corrected chi connectivity index (χ2v) is 6.78. The Morgan fingerprint density at radius 1 is 1.07 bits per heavy atom. The molecule has 162 valence electrons. The molecule has 0 fully saturated rings. The third-order valence-corrected chi connectivity index (χ3v) is 4.34. The molecule has 8 heteroatoms. The van der Waals surface area contributed by atoms with Gasteiger partial charge >= 0.3 is 5.97 Å². The molecule has 0 bridgehead atoms. The van der Waals surface area contributed by atoms with E-state index in [1.54, 1.807) is 0 Å². The highest BCUT2D eigenvalue weighted by molar-refractivity contribution is 5.97. The largest absolute Gasteiger partial charge is 0.488 e. The molecule has 0 saturated carbocycles. The normalized spacial score (nSPS) is 10.5. The Bertz CT molecular complexity index is 922. The number of carbonyl (C=O) groups excluding carboxylic acids is 1. The maximum Gasteiger partial charge on any atom is 0.335 e. The molecule has 0 radical (unpaired) electrons. The van der Waals surface area contributed by atoms with E-state index in [-0.39, 0.29) is 28.8 Å². The van der Waals surface area contributed by atoms with Crippen molar-refractivity contribution >= 4 is 11.9 Å². The molecule has 0 saturated heterocycles. The topological polar surface area (TPSA) is 107 Å². The number of nitrogens with one attached hydrogen (secondary N) is 1. The van der Waals surface area contributed by atoms with Crippen LogP contribution in [-0.4, -0.2) is 34.9 Å². The molecule has 0 aliphatic heterocycles. The summed E-state index contributed by atoms with van der Waals surface area (Å²) in [6.07, 6.45) is 5.08. The average molecular weight is 416 g/mol. The number of carbonyl (C=O) groups is 2. The van der Waals surface area contributed by atoms with E-state index in [1.165, 1.54) is 41.3 Å². The van der Waals surface area contributed by atoms with Gasteiger partial charge in [0.1, 0.15) is 6.61 Å². The van der Waals surface area contributed by atoms with Gasteiger partial charge < -0.3 is 20.0 Å². The van der Waals surface area contributed by atoms with E-state index in [2.05, 4.69) is 5.32 Å². The van der Waals surface area contributed by atoms with Crippen LogP contribution in [0.25, 0.3) is 0 Å². The summed E-state index contributed by atoms with van der Waals surface area (Å²) in [7, 11) is 0. The fourth-order valence-electron chi connectivity index (χ4n) is 2.60. The number of rotatable bonds is 12. The van der Waals surface area contributed by atoms with Crippen molar-refractivity contribution in [3.8, 4) is 5.75 Å². The summed E-state index contributed by atoms with van der Waals surface area (Å²) < 4.78 is 7.00. The third kappa shape index (κ3) is 6.65. The van der Waals surface area contributed by atoms with E-state index >= 15 is 0 Å². The lowest BCUT2D eigenvalue weighted by atomic mass is 10.1. The van der Waals surface area contributed by atoms with Gasteiger partial charge in [0.2, 0.25) is 5.43 Å². The first kappa shape index (κ1) is 23.0. The molecular formula is C22H28N2O6. The maximum absolute atomic E-state index is 12.4. The molecule has 0 spiro atoms. The number of nitrogens with zero attached hydrogens (tertiary/aromatic N) is 1. The lowest BCUT2D eigenvalue weighted by Crippen LogP contribution is -2.29. The van der Waals surface area contributed by atoms with Crippen molar-refractivity contribution in [2.24, 2.45) is 0 Å². The number of carboxylic acids is 1. The van der Waals surface area contributed by atoms with Crippen LogP contribution in [0.2, 0.25) is 0 Å². The molecular weight excluding hydrogens is 388 g/mol. The minimum atomic E-state index is -1.11. The van der Waals surface area contributed by atoms with Crippen LogP contribution in [0.5, 0.6) is 5.75 Å². The minimum Gasteiger partial charge on any atom is -0.488 e. The Kier molecular flexibility index (Phi) is 8.93. The van der Waals surface area contributed by atoms with Crippen LogP contribution >= 0.6 is 0 Å². The number of aromatic carboxylic acids is 1. The zero-order chi connectivity index (χ0) is 21.9. The van der Waals surface area contributed by atoms with Crippen molar-refractivity contribution < 1.29 is 24.3 Å². The van der Waals surface area contributed by atoms with Gasteiger partial charge in [-0.2, -0.15) is 4.73 Å². The highest BCUT2D eigenvalue weighted by Gasteiger charge is 2.13. The molecule has 1 aromatic carbocycles. The van der Waals surface area contributed by atoms with E-state index in [0.717, 1.165) is 25.7 Å². The Balaban J connectivity index is 2.16. The summed E-state index contributed by atoms with van der Waals surface area (Å²) in [6, 6.07) is 7.12. The van der Waals surface area contributed by atoms with Gasteiger partial charge in [-0.3, -0.25) is 9.59 Å². The van der Waals surface area contributed by atoms with Gasteiger partial charge in [-0.25, -0.2) is 4.79 Å². The monoisotopic (exact) mass is 416 g/mol. The Morgan fingerprint density at radius 2 is 1.77 bits per heavy atom. The van der Waals surface area contributed by atoms with Crippen molar-refractivity contribution in [2.75, 3.05) is 13.2 Å². The van der Waals surface area contributed by atoms with Gasteiger partial charge in [-0.15, -0.1) is 0 Å². The quantitative estimate of drug-likeness (QED) is 0.515. The van der Waals surface area contributed by atoms with E-state index in [9.17, 15) is 14.4 Å². The summed E-state index contributed by atoms with van der Waals surface area (Å²) in [5, 5.41) is 11.8. The second kappa shape index (κ2) is 11.6. The number of hydrogen-bond acceptors (Lipinski definition) is 5. The number of amides is 1. The first-order valence-electron chi connectivity index (χ1n) is 10.1. The highest BCUT2D eigenvalue weighted by atomic mass is 16.7. The summed E-state index contributed by atoms with van der Waals surface area (Å²) in [6.45, 7) is 5.01. The van der Waals surface area contributed by atoms with E-state index in [4.69, 9.17) is 14.7 Å². The molecule has 1 amide bonds. The van der Waals surface area contributed by atoms with Crippen molar-refractivity contribution in [3.05, 3.63) is 63.6 Å². The fourth-order valence-corrected chi connectivity index (χ4v) is 2.60. The SMILES string of the molecule is CCCCOc1cn(OCCCC)c(CNC(=O)c2cccc(C(=O)O)c2)cc1=O. The third-order valence-electron chi connectivity index (χ3n) is 4.34. The smallest absolute Gasteiger partial charge is 0.335 e. The van der Waals surface area contributed by atoms with Gasteiger partial charge in [0.15, 0.2) is 5.75 Å². The molecule has 0 unspecified atom stereocenters. The molecule has 2 rings (SSSR count). The van der Waals surface area contributed by atoms with Crippen LogP contribution in [0.3, 0.4) is 0 Å². The number of carboxylic acid groups (broad SMARTS) is 1. The average Bonchev–Trinajstić information content (AvgIpc) is 2.74. The van der Waals surface area contributed by atoms with Crippen LogP contribution in [0.15, 0.2) is 41.3 Å². The predicted octanol–water partition coefficient (Wildman–Crippen LogP) is 2.88. The molecule has 1 aromatic heterocycles. The first-order valence-corrected chi connectivity index (χ1v) is 10.1. The maximum atomic E-state index is 12.4. The van der Waals surface area contributed by atoms with Gasteiger partial charge in [0.05, 0.1) is 30.6 Å². The van der Waals surface area contributed by atoms with Gasteiger partial charge in [-0.05, 0) is 31.0 Å². The van der Waals surface area contributed by atoms with Crippen molar-refractivity contribution in [2.45, 2.75) is 46.1 Å². The predicted molar refractivity (Wildman–Crippen MR) is 112 cm³/mol. The van der Waals surface area contributed by atoms with Crippen LogP contribution in [0, 0.1) is 0 Å². The number of ether oxygens (including phenoxy) is 1. The zero-order valence-electron chi connectivity index (χ0n) is 17.3. The van der Waals surface area contributed by atoms with Crippen LogP contribution in [-0.2, 0) is 6.54 Å². The van der Waals surface area contributed by atoms with E-state index < -0.39 is 11.9 Å². The Labute approximate surface area is 175 Å². The number of pyridine rings is 1. The van der Waals surface area contributed by atoms with Gasteiger partial charge in [0.25, 0.3) is 5.91 Å². The number of hydrogen-bond donors (Lipinski definition) is 2. The van der Waals surface area contributed by atoms with Gasteiger partial charge in [-0.1, -0.05) is 32.8 Å². The molecule has 8 nitrogen and oxygen atoms in total. The minimum absolute atomic E-state index is 0.0241. The number of unbranched alkanes of at least 4 members (excludes halogenated alkanes) is 2. The molecule has 0 atom stereocenters. The van der Waals surface area contributed by atoms with E-state index in [0.29, 0.717) is 18.9 Å². The summed E-state index contributed by atoms with van der Waals surface area (Å²) >= 11 is 0. The molecule has 2 N–H and O–H groups in total. The molecule has 0 aliphatic rings. The Morgan fingerprint density at radius 3 is 2.47 bits per heavy atom. The molecule has 1 heterocycles. The van der Waals surface area contributed by atoms with E-state index in [1.807, 2.05) is 13.8 Å². The summed E-state index contributed by atoms with van der Waals surface area (Å²) in [5.41, 5.74) is 0.409. The zero-order valence-corrected chi connectivity index (χ0v) is 17.3. The molecule has 2 aromatic rings. The van der Waals surface area contributed by atoms with Crippen LogP contribution < -0.4 is 20.3 Å². The van der Waals surface area contributed by atoms with Crippen LogP contribution in [0.4, 0.5) is 0 Å². The standard InChI is InChI=1S/C22H28N2O6/c1-3-5-10-29-20-15-24(30-11-6-4-2)18(13-19(20)25)14-23-21(26)16-8-7-9-17(12-16)22(27)28/h7-9,12-13,15H,3-6,10-11,14H2,1-2H3,(H,23,26)(H,27,28).